The van der Waals surface area contributed by atoms with E-state index in [0.29, 0.717) is 23.2 Å². The standard InChI is InChI=1S/C10H11BrN4O2S/c1-2-15-9(16)8(11)7(4-13-15)12-3-6-5-18-10(17)14-6/h4-5,12H,2-3H2,1H3,(H,14,17). The Morgan fingerprint density at radius 2 is 2.33 bits per heavy atom. The summed E-state index contributed by atoms with van der Waals surface area (Å²) in [5.41, 5.74) is 1.20. The first kappa shape index (κ1) is 13.0. The second-order valence-electron chi connectivity index (χ2n) is 3.52. The maximum Gasteiger partial charge on any atom is 0.304 e. The third-order valence-corrected chi connectivity index (χ3v) is 3.81. The molecule has 2 N–H and O–H groups in total. The normalized spacial score (nSPS) is 10.6. The molecule has 8 heteroatoms. The zero-order chi connectivity index (χ0) is 13.1. The molecule has 0 aliphatic carbocycles. The summed E-state index contributed by atoms with van der Waals surface area (Å²) < 4.78 is 1.80. The SMILES string of the molecule is CCn1ncc(NCc2csc(=O)[nH]2)c(Br)c1=O. The van der Waals surface area contributed by atoms with Gasteiger partial charge in [-0.1, -0.05) is 11.3 Å². The average Bonchev–Trinajstić information content (AvgIpc) is 2.77. The summed E-state index contributed by atoms with van der Waals surface area (Å²) in [5.74, 6) is 0. The number of aromatic nitrogens is 3. The van der Waals surface area contributed by atoms with Gasteiger partial charge >= 0.3 is 4.87 Å². The zero-order valence-electron chi connectivity index (χ0n) is 9.57. The van der Waals surface area contributed by atoms with Crippen LogP contribution in [0.4, 0.5) is 5.69 Å². The van der Waals surface area contributed by atoms with Crippen molar-refractivity contribution in [1.82, 2.24) is 14.8 Å². The summed E-state index contributed by atoms with van der Waals surface area (Å²) in [6.45, 7) is 2.81. The fourth-order valence-corrected chi connectivity index (χ4v) is 2.43. The molecule has 2 aromatic heterocycles. The topological polar surface area (TPSA) is 79.8 Å². The Kier molecular flexibility index (Phi) is 3.97. The first-order valence-corrected chi connectivity index (χ1v) is 6.95. The molecule has 2 aromatic rings. The Balaban J connectivity index is 2.17. The lowest BCUT2D eigenvalue weighted by Crippen LogP contribution is -2.23. The summed E-state index contributed by atoms with van der Waals surface area (Å²) in [5, 5.41) is 8.81. The maximum atomic E-state index is 11.8. The monoisotopic (exact) mass is 330 g/mol. The molecule has 0 saturated carbocycles. The fourth-order valence-electron chi connectivity index (χ4n) is 1.40. The molecule has 0 saturated heterocycles. The van der Waals surface area contributed by atoms with Crippen molar-refractivity contribution >= 4 is 33.0 Å². The van der Waals surface area contributed by atoms with Gasteiger partial charge in [0.2, 0.25) is 0 Å². The number of H-pyrrole nitrogens is 1. The van der Waals surface area contributed by atoms with E-state index in [1.807, 2.05) is 6.92 Å². The summed E-state index contributed by atoms with van der Waals surface area (Å²) in [7, 11) is 0. The Bertz CT molecular complexity index is 660. The number of hydrogen-bond donors (Lipinski definition) is 2. The predicted octanol–water partition coefficient (Wildman–Crippen LogP) is 1.39. The lowest BCUT2D eigenvalue weighted by Gasteiger charge is -2.08. The van der Waals surface area contributed by atoms with Crippen molar-refractivity contribution in [3.8, 4) is 0 Å². The number of nitrogens with one attached hydrogen (secondary N) is 2. The van der Waals surface area contributed by atoms with E-state index >= 15 is 0 Å². The molecule has 0 aromatic carbocycles. The van der Waals surface area contributed by atoms with Gasteiger partial charge in [-0.25, -0.2) is 4.68 Å². The van der Waals surface area contributed by atoms with E-state index in [1.165, 1.54) is 4.68 Å². The number of aryl methyl sites for hydroxylation is 1. The highest BCUT2D eigenvalue weighted by Crippen LogP contribution is 2.16. The molecule has 2 rings (SSSR count). The maximum absolute atomic E-state index is 11.8. The van der Waals surface area contributed by atoms with Crippen molar-refractivity contribution in [2.75, 3.05) is 5.32 Å². The van der Waals surface area contributed by atoms with Crippen molar-refractivity contribution in [1.29, 1.82) is 0 Å². The smallest absolute Gasteiger partial charge is 0.304 e. The Morgan fingerprint density at radius 1 is 1.56 bits per heavy atom. The number of halogens is 1. The van der Waals surface area contributed by atoms with E-state index in [0.717, 1.165) is 17.0 Å². The van der Waals surface area contributed by atoms with Gasteiger partial charge in [-0.2, -0.15) is 5.10 Å². The quantitative estimate of drug-likeness (QED) is 0.887. The van der Waals surface area contributed by atoms with Crippen LogP contribution in [0.15, 0.2) is 25.6 Å². The molecule has 6 nitrogen and oxygen atoms in total. The van der Waals surface area contributed by atoms with Crippen LogP contribution in [0.2, 0.25) is 0 Å². The minimum atomic E-state index is -0.179. The van der Waals surface area contributed by atoms with Crippen molar-refractivity contribution in [3.05, 3.63) is 41.8 Å². The van der Waals surface area contributed by atoms with E-state index in [9.17, 15) is 9.59 Å². The minimum absolute atomic E-state index is 0.0922. The molecule has 0 fully saturated rings. The molecule has 0 unspecified atom stereocenters. The van der Waals surface area contributed by atoms with E-state index in [4.69, 9.17) is 0 Å². The van der Waals surface area contributed by atoms with Crippen molar-refractivity contribution in [2.45, 2.75) is 20.0 Å². The Labute approximate surface area is 115 Å². The average molecular weight is 331 g/mol. The summed E-state index contributed by atoms with van der Waals surface area (Å²) in [4.78, 5) is 25.4. The largest absolute Gasteiger partial charge is 0.377 e. The molecule has 0 spiro atoms. The van der Waals surface area contributed by atoms with Gasteiger partial charge < -0.3 is 10.3 Å². The van der Waals surface area contributed by atoms with Gasteiger partial charge in [-0.05, 0) is 22.9 Å². The molecule has 0 radical (unpaired) electrons. The van der Waals surface area contributed by atoms with Crippen molar-refractivity contribution in [3.63, 3.8) is 0 Å². The van der Waals surface area contributed by atoms with Crippen LogP contribution in [0.25, 0.3) is 0 Å². The molecule has 0 bridgehead atoms. The molecule has 18 heavy (non-hydrogen) atoms. The van der Waals surface area contributed by atoms with Crippen LogP contribution >= 0.6 is 27.3 Å². The number of rotatable bonds is 4. The van der Waals surface area contributed by atoms with E-state index in [2.05, 4.69) is 31.3 Å². The first-order valence-electron chi connectivity index (χ1n) is 5.28. The third kappa shape index (κ3) is 2.70. The molecule has 96 valence electrons. The minimum Gasteiger partial charge on any atom is -0.377 e. The van der Waals surface area contributed by atoms with Gasteiger partial charge in [0, 0.05) is 17.6 Å². The van der Waals surface area contributed by atoms with Crippen molar-refractivity contribution < 1.29 is 0 Å². The van der Waals surface area contributed by atoms with Crippen LogP contribution in [0.3, 0.4) is 0 Å². The number of hydrogen-bond acceptors (Lipinski definition) is 5. The number of aromatic amines is 1. The summed E-state index contributed by atoms with van der Waals surface area (Å²) in [6.07, 6.45) is 1.58. The molecule has 2 heterocycles. The third-order valence-electron chi connectivity index (χ3n) is 2.32. The molecule has 0 aliphatic heterocycles. The van der Waals surface area contributed by atoms with Crippen LogP contribution in [0.5, 0.6) is 0 Å². The zero-order valence-corrected chi connectivity index (χ0v) is 12.0. The molecule has 0 aliphatic rings. The summed E-state index contributed by atoms with van der Waals surface area (Å²) in [6, 6.07) is 0. The highest BCUT2D eigenvalue weighted by atomic mass is 79.9. The first-order chi connectivity index (χ1) is 8.61. The number of nitrogens with zero attached hydrogens (tertiary/aromatic N) is 2. The van der Waals surface area contributed by atoms with Crippen LogP contribution in [-0.4, -0.2) is 14.8 Å². The molecular formula is C10H11BrN4O2S. The Hall–Kier alpha value is -1.41. The van der Waals surface area contributed by atoms with Gasteiger partial charge in [-0.15, -0.1) is 0 Å². The predicted molar refractivity (Wildman–Crippen MR) is 74.1 cm³/mol. The van der Waals surface area contributed by atoms with Crippen LogP contribution in [0, 0.1) is 0 Å². The van der Waals surface area contributed by atoms with E-state index in [-0.39, 0.29) is 10.4 Å². The lowest BCUT2D eigenvalue weighted by molar-refractivity contribution is 0.613. The number of thiazole rings is 1. The van der Waals surface area contributed by atoms with Crippen LogP contribution in [-0.2, 0) is 13.1 Å². The van der Waals surface area contributed by atoms with Gasteiger partial charge in [0.25, 0.3) is 5.56 Å². The lowest BCUT2D eigenvalue weighted by atomic mass is 10.4. The van der Waals surface area contributed by atoms with Gasteiger partial charge in [0.15, 0.2) is 0 Å². The van der Waals surface area contributed by atoms with Gasteiger partial charge in [-0.3, -0.25) is 9.59 Å². The Morgan fingerprint density at radius 3 is 2.94 bits per heavy atom. The second-order valence-corrected chi connectivity index (χ2v) is 5.16. The highest BCUT2D eigenvalue weighted by Gasteiger charge is 2.07. The van der Waals surface area contributed by atoms with Gasteiger partial charge in [0.1, 0.15) is 4.47 Å². The van der Waals surface area contributed by atoms with E-state index in [1.54, 1.807) is 11.6 Å². The summed E-state index contributed by atoms with van der Waals surface area (Å²) >= 11 is 4.35. The van der Waals surface area contributed by atoms with Crippen molar-refractivity contribution in [2.24, 2.45) is 0 Å². The second kappa shape index (κ2) is 5.49. The van der Waals surface area contributed by atoms with Crippen LogP contribution < -0.4 is 15.7 Å². The molecule has 0 amide bonds. The highest BCUT2D eigenvalue weighted by molar-refractivity contribution is 9.10. The molecular weight excluding hydrogens is 320 g/mol. The fraction of sp³-hybridized carbons (Fsp3) is 0.300. The van der Waals surface area contributed by atoms with Crippen LogP contribution in [0.1, 0.15) is 12.6 Å². The van der Waals surface area contributed by atoms with E-state index < -0.39 is 0 Å². The molecule has 0 atom stereocenters. The van der Waals surface area contributed by atoms with Gasteiger partial charge in [0.05, 0.1) is 18.4 Å². The number of anilines is 1.